The molecule has 2 rings (SSSR count). The van der Waals surface area contributed by atoms with E-state index < -0.39 is 0 Å². The van der Waals surface area contributed by atoms with Crippen molar-refractivity contribution in [3.05, 3.63) is 52.7 Å². The average Bonchev–Trinajstić information content (AvgIpc) is 2.46. The van der Waals surface area contributed by atoms with Gasteiger partial charge in [-0.05, 0) is 36.8 Å². The molecule has 0 saturated carbocycles. The van der Waals surface area contributed by atoms with Gasteiger partial charge in [-0.25, -0.2) is 0 Å². The molecule has 3 nitrogen and oxygen atoms in total. The van der Waals surface area contributed by atoms with Crippen LogP contribution >= 0.6 is 23.2 Å². The maximum Gasteiger partial charge on any atom is 0.151 e. The molecule has 0 spiro atoms. The van der Waals surface area contributed by atoms with Gasteiger partial charge in [0, 0.05) is 12.1 Å². The van der Waals surface area contributed by atoms with E-state index >= 15 is 0 Å². The van der Waals surface area contributed by atoms with Crippen LogP contribution in [0.2, 0.25) is 5.02 Å². The summed E-state index contributed by atoms with van der Waals surface area (Å²) in [6.07, 6.45) is 0. The molecule has 0 aliphatic carbocycles. The normalized spacial score (nSPS) is 12.2. The summed E-state index contributed by atoms with van der Waals surface area (Å²) < 4.78 is 0. The number of aromatic nitrogens is 2. The number of hydrogen-bond donors (Lipinski definition) is 0. The Morgan fingerprint density at radius 1 is 1.11 bits per heavy atom. The number of anilines is 1. The van der Waals surface area contributed by atoms with Gasteiger partial charge in [-0.15, -0.1) is 16.7 Å². The van der Waals surface area contributed by atoms with Crippen LogP contribution in [0.4, 0.5) is 5.82 Å². The third-order valence-corrected chi connectivity index (χ3v) is 3.66. The molecule has 1 aromatic carbocycles. The van der Waals surface area contributed by atoms with Crippen molar-refractivity contribution in [2.24, 2.45) is 0 Å². The van der Waals surface area contributed by atoms with Gasteiger partial charge in [0.2, 0.25) is 0 Å². The largest absolute Gasteiger partial charge is 0.351 e. The zero-order valence-electron chi connectivity index (χ0n) is 10.8. The monoisotopic (exact) mass is 295 g/mol. The van der Waals surface area contributed by atoms with Gasteiger partial charge in [0.1, 0.15) is 0 Å². The summed E-state index contributed by atoms with van der Waals surface area (Å²) in [5.41, 5.74) is 1.95. The predicted molar refractivity (Wildman–Crippen MR) is 79.9 cm³/mol. The molecule has 19 heavy (non-hydrogen) atoms. The first-order valence-electron chi connectivity index (χ1n) is 5.98. The fourth-order valence-corrected chi connectivity index (χ4v) is 2.04. The van der Waals surface area contributed by atoms with Crippen LogP contribution in [0.3, 0.4) is 0 Å². The Balaban J connectivity index is 2.17. The molecule has 100 valence electrons. The second kappa shape index (κ2) is 6.22. The highest BCUT2D eigenvalue weighted by Crippen LogP contribution is 2.24. The van der Waals surface area contributed by atoms with E-state index in [2.05, 4.69) is 22.0 Å². The lowest BCUT2D eigenvalue weighted by Crippen LogP contribution is -2.23. The highest BCUT2D eigenvalue weighted by molar-refractivity contribution is 6.30. The zero-order chi connectivity index (χ0) is 13.8. The Morgan fingerprint density at radius 2 is 1.79 bits per heavy atom. The van der Waals surface area contributed by atoms with E-state index in [-0.39, 0.29) is 6.04 Å². The first kappa shape index (κ1) is 14.1. The quantitative estimate of drug-likeness (QED) is 0.796. The Morgan fingerprint density at radius 3 is 2.32 bits per heavy atom. The van der Waals surface area contributed by atoms with Crippen molar-refractivity contribution >= 4 is 29.0 Å². The molecular weight excluding hydrogens is 281 g/mol. The van der Waals surface area contributed by atoms with Crippen LogP contribution < -0.4 is 4.90 Å². The highest BCUT2D eigenvalue weighted by Gasteiger charge is 2.13. The Hall–Kier alpha value is -1.32. The van der Waals surface area contributed by atoms with Crippen LogP contribution in [0.5, 0.6) is 0 Å². The van der Waals surface area contributed by atoms with Crippen molar-refractivity contribution in [2.45, 2.75) is 18.8 Å². The number of nitrogens with zero attached hydrogens (tertiary/aromatic N) is 3. The van der Waals surface area contributed by atoms with Crippen LogP contribution in [-0.4, -0.2) is 17.2 Å². The van der Waals surface area contributed by atoms with Crippen molar-refractivity contribution in [2.75, 3.05) is 11.9 Å². The molecule has 0 amide bonds. The molecule has 0 fully saturated rings. The van der Waals surface area contributed by atoms with Gasteiger partial charge in [-0.2, -0.15) is 5.10 Å². The van der Waals surface area contributed by atoms with Crippen LogP contribution in [0.1, 0.15) is 24.2 Å². The summed E-state index contributed by atoms with van der Waals surface area (Å²) in [7, 11) is 1.99. The maximum atomic E-state index is 5.90. The maximum absolute atomic E-state index is 5.90. The van der Waals surface area contributed by atoms with Crippen molar-refractivity contribution in [3.63, 3.8) is 0 Å². The third-order valence-electron chi connectivity index (χ3n) is 3.14. The number of halogens is 2. The van der Waals surface area contributed by atoms with Gasteiger partial charge in [-0.3, -0.25) is 0 Å². The molecule has 0 saturated heterocycles. The SMILES string of the molecule is CC(c1ccc(Cl)cc1)N(C)c1ccc(CCl)nn1. The first-order chi connectivity index (χ1) is 9.11. The number of alkyl halides is 1. The van der Waals surface area contributed by atoms with Crippen LogP contribution in [0, 0.1) is 0 Å². The van der Waals surface area contributed by atoms with Crippen LogP contribution in [0.15, 0.2) is 36.4 Å². The zero-order valence-corrected chi connectivity index (χ0v) is 12.4. The Labute approximate surface area is 123 Å². The van der Waals surface area contributed by atoms with E-state index in [9.17, 15) is 0 Å². The molecule has 5 heteroatoms. The molecule has 0 N–H and O–H groups in total. The molecule has 1 atom stereocenters. The minimum atomic E-state index is 0.188. The van der Waals surface area contributed by atoms with Gasteiger partial charge >= 0.3 is 0 Å². The number of rotatable bonds is 4. The fraction of sp³-hybridized carbons (Fsp3) is 0.286. The van der Waals surface area contributed by atoms with E-state index in [0.717, 1.165) is 16.5 Å². The summed E-state index contributed by atoms with van der Waals surface area (Å²) >= 11 is 11.6. The molecule has 0 aliphatic heterocycles. The minimum absolute atomic E-state index is 0.188. The number of benzene rings is 1. The summed E-state index contributed by atoms with van der Waals surface area (Å²) in [5.74, 6) is 1.19. The second-order valence-corrected chi connectivity index (χ2v) is 5.06. The van der Waals surface area contributed by atoms with Crippen molar-refractivity contribution in [1.82, 2.24) is 10.2 Å². The molecule has 2 aromatic rings. The van der Waals surface area contributed by atoms with Gasteiger partial charge < -0.3 is 4.90 Å². The molecule has 1 unspecified atom stereocenters. The molecule has 0 radical (unpaired) electrons. The third kappa shape index (κ3) is 3.37. The lowest BCUT2D eigenvalue weighted by molar-refractivity contribution is 0.718. The lowest BCUT2D eigenvalue weighted by atomic mass is 10.1. The molecule has 1 aromatic heterocycles. The van der Waals surface area contributed by atoms with Crippen LogP contribution in [0.25, 0.3) is 0 Å². The smallest absolute Gasteiger partial charge is 0.151 e. The van der Waals surface area contributed by atoms with E-state index in [1.165, 1.54) is 5.56 Å². The topological polar surface area (TPSA) is 29.0 Å². The Kier molecular flexibility index (Phi) is 4.61. The highest BCUT2D eigenvalue weighted by atomic mass is 35.5. The molecule has 1 heterocycles. The lowest BCUT2D eigenvalue weighted by Gasteiger charge is -2.26. The molecule has 0 aliphatic rings. The Bertz CT molecular complexity index is 525. The summed E-state index contributed by atoms with van der Waals surface area (Å²) in [4.78, 5) is 2.06. The van der Waals surface area contributed by atoms with Crippen molar-refractivity contribution < 1.29 is 0 Å². The van der Waals surface area contributed by atoms with E-state index in [0.29, 0.717) is 5.88 Å². The summed E-state index contributed by atoms with van der Waals surface area (Å²) in [5, 5.41) is 8.98. The predicted octanol–water partition coefficient (Wildman–Crippen LogP) is 4.07. The van der Waals surface area contributed by atoms with Gasteiger partial charge in [0.05, 0.1) is 17.6 Å². The molecule has 0 bridgehead atoms. The van der Waals surface area contributed by atoms with E-state index in [4.69, 9.17) is 23.2 Å². The second-order valence-electron chi connectivity index (χ2n) is 4.35. The first-order valence-corrected chi connectivity index (χ1v) is 6.90. The standard InChI is InChI=1S/C14H15Cl2N3/c1-10(11-3-5-12(16)6-4-11)19(2)14-8-7-13(9-15)17-18-14/h3-8,10H,9H2,1-2H3. The van der Waals surface area contributed by atoms with Gasteiger partial charge in [0.15, 0.2) is 5.82 Å². The number of hydrogen-bond acceptors (Lipinski definition) is 3. The minimum Gasteiger partial charge on any atom is -0.351 e. The average molecular weight is 296 g/mol. The fourth-order valence-electron chi connectivity index (χ4n) is 1.78. The van der Waals surface area contributed by atoms with Gasteiger partial charge in [-0.1, -0.05) is 23.7 Å². The van der Waals surface area contributed by atoms with Gasteiger partial charge in [0.25, 0.3) is 0 Å². The summed E-state index contributed by atoms with van der Waals surface area (Å²) in [6, 6.07) is 11.8. The van der Waals surface area contributed by atoms with Crippen molar-refractivity contribution in [1.29, 1.82) is 0 Å². The van der Waals surface area contributed by atoms with E-state index in [1.54, 1.807) is 0 Å². The molecular formula is C14H15Cl2N3. The summed E-state index contributed by atoms with van der Waals surface area (Å²) in [6.45, 7) is 2.11. The van der Waals surface area contributed by atoms with Crippen LogP contribution in [-0.2, 0) is 5.88 Å². The van der Waals surface area contributed by atoms with E-state index in [1.807, 2.05) is 43.4 Å². The van der Waals surface area contributed by atoms with Crippen molar-refractivity contribution in [3.8, 4) is 0 Å².